The first kappa shape index (κ1) is 15.3. The summed E-state index contributed by atoms with van der Waals surface area (Å²) in [6, 6.07) is 7.62. The maximum atomic E-state index is 12.6. The molecular formula is C15H15BrN4O. The zero-order valence-corrected chi connectivity index (χ0v) is 13.2. The van der Waals surface area contributed by atoms with Crippen LogP contribution in [-0.2, 0) is 13.6 Å². The van der Waals surface area contributed by atoms with Crippen LogP contribution in [0.25, 0.3) is 0 Å². The number of hydrogen-bond acceptors (Lipinski definition) is 3. The number of aromatic nitrogens is 2. The zero-order chi connectivity index (χ0) is 15.2. The van der Waals surface area contributed by atoms with Crippen LogP contribution in [0.3, 0.4) is 0 Å². The number of aryl methyl sites for hydroxylation is 1. The molecule has 0 aliphatic carbocycles. The van der Waals surface area contributed by atoms with Crippen LogP contribution in [0.1, 0.15) is 22.5 Å². The fourth-order valence-electron chi connectivity index (χ4n) is 2.05. The number of nitriles is 1. The Bertz CT molecular complexity index is 660. The number of amides is 1. The Morgan fingerprint density at radius 2 is 2.38 bits per heavy atom. The third-order valence-corrected chi connectivity index (χ3v) is 3.50. The fraction of sp³-hybridized carbons (Fsp3) is 0.267. The summed E-state index contributed by atoms with van der Waals surface area (Å²) in [6.45, 7) is 0.837. The minimum absolute atomic E-state index is 0.0951. The first-order valence-corrected chi connectivity index (χ1v) is 7.28. The molecule has 0 spiro atoms. The van der Waals surface area contributed by atoms with Crippen molar-refractivity contribution in [1.82, 2.24) is 14.5 Å². The van der Waals surface area contributed by atoms with Crippen LogP contribution < -0.4 is 0 Å². The van der Waals surface area contributed by atoms with E-state index in [4.69, 9.17) is 5.26 Å². The Balaban J connectivity index is 2.21. The van der Waals surface area contributed by atoms with Crippen LogP contribution in [-0.4, -0.2) is 26.9 Å². The summed E-state index contributed by atoms with van der Waals surface area (Å²) >= 11 is 3.37. The van der Waals surface area contributed by atoms with Gasteiger partial charge in [-0.25, -0.2) is 0 Å². The second kappa shape index (κ2) is 7.04. The highest BCUT2D eigenvalue weighted by Gasteiger charge is 2.19. The van der Waals surface area contributed by atoms with E-state index >= 15 is 0 Å². The molecule has 108 valence electrons. The summed E-state index contributed by atoms with van der Waals surface area (Å²) in [5.74, 6) is -0.0951. The lowest BCUT2D eigenvalue weighted by Crippen LogP contribution is -2.32. The number of hydrogen-bond donors (Lipinski definition) is 0. The van der Waals surface area contributed by atoms with Crippen LogP contribution in [0.5, 0.6) is 0 Å². The molecule has 0 bridgehead atoms. The zero-order valence-electron chi connectivity index (χ0n) is 11.7. The molecule has 21 heavy (non-hydrogen) atoms. The van der Waals surface area contributed by atoms with Crippen molar-refractivity contribution in [2.45, 2.75) is 13.0 Å². The molecule has 0 saturated heterocycles. The van der Waals surface area contributed by atoms with Crippen molar-refractivity contribution in [3.8, 4) is 6.07 Å². The van der Waals surface area contributed by atoms with Gasteiger partial charge in [-0.3, -0.25) is 9.78 Å². The lowest BCUT2D eigenvalue weighted by atomic mass is 10.2. The number of carbonyl (C=O) groups is 1. The van der Waals surface area contributed by atoms with Gasteiger partial charge in [-0.2, -0.15) is 5.26 Å². The third kappa shape index (κ3) is 3.92. The number of pyridine rings is 1. The lowest BCUT2D eigenvalue weighted by Gasteiger charge is -2.21. The van der Waals surface area contributed by atoms with Crippen molar-refractivity contribution in [2.24, 2.45) is 7.05 Å². The minimum atomic E-state index is -0.0951. The molecule has 0 fully saturated rings. The number of carbonyl (C=O) groups excluding carboxylic acids is 1. The normalized spacial score (nSPS) is 10.1. The highest BCUT2D eigenvalue weighted by atomic mass is 79.9. The summed E-state index contributed by atoms with van der Waals surface area (Å²) in [7, 11) is 1.82. The molecule has 0 unspecified atom stereocenters. The quantitative estimate of drug-likeness (QED) is 0.836. The molecule has 2 rings (SSSR count). The summed E-state index contributed by atoms with van der Waals surface area (Å²) < 4.78 is 2.63. The van der Waals surface area contributed by atoms with Gasteiger partial charge < -0.3 is 9.47 Å². The van der Waals surface area contributed by atoms with Gasteiger partial charge in [0.05, 0.1) is 12.5 Å². The molecule has 1 amide bonds. The molecule has 0 aliphatic heterocycles. The number of rotatable bonds is 5. The molecule has 0 N–H and O–H groups in total. The molecule has 0 radical (unpaired) electrons. The Labute approximate surface area is 131 Å². The summed E-state index contributed by atoms with van der Waals surface area (Å²) in [4.78, 5) is 18.4. The van der Waals surface area contributed by atoms with Crippen LogP contribution in [0.15, 0.2) is 41.3 Å². The summed E-state index contributed by atoms with van der Waals surface area (Å²) in [5.41, 5.74) is 1.53. The molecular weight excluding hydrogens is 332 g/mol. The van der Waals surface area contributed by atoms with Gasteiger partial charge in [0, 0.05) is 43.2 Å². The fourth-order valence-corrected chi connectivity index (χ4v) is 2.57. The van der Waals surface area contributed by atoms with E-state index in [0.717, 1.165) is 10.0 Å². The van der Waals surface area contributed by atoms with Gasteiger partial charge >= 0.3 is 0 Å². The second-order valence-corrected chi connectivity index (χ2v) is 5.57. The predicted molar refractivity (Wildman–Crippen MR) is 82.3 cm³/mol. The van der Waals surface area contributed by atoms with Crippen LogP contribution in [0.4, 0.5) is 0 Å². The summed E-state index contributed by atoms with van der Waals surface area (Å²) in [5, 5.41) is 8.78. The molecule has 5 nitrogen and oxygen atoms in total. The van der Waals surface area contributed by atoms with Crippen molar-refractivity contribution in [3.63, 3.8) is 0 Å². The maximum Gasteiger partial charge on any atom is 0.270 e. The monoisotopic (exact) mass is 346 g/mol. The van der Waals surface area contributed by atoms with Gasteiger partial charge in [-0.05, 0) is 33.6 Å². The average molecular weight is 347 g/mol. The van der Waals surface area contributed by atoms with Gasteiger partial charge in [0.15, 0.2) is 0 Å². The lowest BCUT2D eigenvalue weighted by molar-refractivity contribution is 0.0737. The Morgan fingerprint density at radius 1 is 1.57 bits per heavy atom. The first-order chi connectivity index (χ1) is 10.1. The van der Waals surface area contributed by atoms with Gasteiger partial charge in [0.1, 0.15) is 5.69 Å². The number of nitrogens with zero attached hydrogens (tertiary/aromatic N) is 4. The van der Waals surface area contributed by atoms with Gasteiger partial charge in [-0.1, -0.05) is 6.07 Å². The first-order valence-electron chi connectivity index (χ1n) is 6.49. The molecule has 0 saturated carbocycles. The van der Waals surface area contributed by atoms with Crippen LogP contribution >= 0.6 is 15.9 Å². The molecule has 2 aromatic heterocycles. The Kier molecular flexibility index (Phi) is 5.12. The van der Waals surface area contributed by atoms with E-state index in [0.29, 0.717) is 25.2 Å². The van der Waals surface area contributed by atoms with Crippen LogP contribution in [0, 0.1) is 11.3 Å². The van der Waals surface area contributed by atoms with E-state index in [2.05, 4.69) is 27.0 Å². The van der Waals surface area contributed by atoms with Crippen molar-refractivity contribution in [2.75, 3.05) is 6.54 Å². The topological polar surface area (TPSA) is 61.9 Å². The SMILES string of the molecule is Cn1cc(Br)cc1C(=O)N(CCC#N)Cc1cccnc1. The highest BCUT2D eigenvalue weighted by molar-refractivity contribution is 9.10. The highest BCUT2D eigenvalue weighted by Crippen LogP contribution is 2.17. The van der Waals surface area contributed by atoms with Crippen molar-refractivity contribution in [3.05, 3.63) is 52.5 Å². The molecule has 2 aromatic rings. The Morgan fingerprint density at radius 3 is 2.95 bits per heavy atom. The van der Waals surface area contributed by atoms with E-state index in [1.165, 1.54) is 0 Å². The number of halogens is 1. The van der Waals surface area contributed by atoms with E-state index in [1.807, 2.05) is 25.4 Å². The largest absolute Gasteiger partial charge is 0.345 e. The van der Waals surface area contributed by atoms with Crippen molar-refractivity contribution in [1.29, 1.82) is 5.26 Å². The van der Waals surface area contributed by atoms with Gasteiger partial charge in [-0.15, -0.1) is 0 Å². The molecule has 0 atom stereocenters. The predicted octanol–water partition coefficient (Wildman–Crippen LogP) is 2.74. The van der Waals surface area contributed by atoms with Crippen molar-refractivity contribution >= 4 is 21.8 Å². The van der Waals surface area contributed by atoms with Gasteiger partial charge in [0.2, 0.25) is 0 Å². The van der Waals surface area contributed by atoms with E-state index in [1.54, 1.807) is 27.9 Å². The molecule has 6 heteroatoms. The smallest absolute Gasteiger partial charge is 0.270 e. The van der Waals surface area contributed by atoms with E-state index in [9.17, 15) is 4.79 Å². The average Bonchev–Trinajstić information content (AvgIpc) is 2.82. The van der Waals surface area contributed by atoms with E-state index < -0.39 is 0 Å². The van der Waals surface area contributed by atoms with E-state index in [-0.39, 0.29) is 5.91 Å². The standard InChI is InChI=1S/C15H15BrN4O/c1-19-11-13(16)8-14(19)15(21)20(7-3-5-17)10-12-4-2-6-18-9-12/h2,4,6,8-9,11H,3,7,10H2,1H3. The molecule has 0 aromatic carbocycles. The summed E-state index contributed by atoms with van der Waals surface area (Å²) in [6.07, 6.45) is 5.56. The molecule has 2 heterocycles. The van der Waals surface area contributed by atoms with Crippen LogP contribution in [0.2, 0.25) is 0 Å². The second-order valence-electron chi connectivity index (χ2n) is 4.65. The minimum Gasteiger partial charge on any atom is -0.345 e. The van der Waals surface area contributed by atoms with Crippen molar-refractivity contribution < 1.29 is 4.79 Å². The molecule has 0 aliphatic rings. The maximum absolute atomic E-state index is 12.6. The third-order valence-electron chi connectivity index (χ3n) is 3.07. The van der Waals surface area contributed by atoms with Gasteiger partial charge in [0.25, 0.3) is 5.91 Å². The Hall–Kier alpha value is -2.13.